The van der Waals surface area contributed by atoms with E-state index in [0.29, 0.717) is 22.8 Å². The number of rotatable bonds is 6. The standard InChI is InChI=1S/C15H16N2O3S/c1-2-7-20-12-6-5-11(13(18)9-12)10-16-17-15(19)14-4-3-8-21-14/h3-6,8-10,18H,2,7H2,1H3,(H,17,19). The van der Waals surface area contributed by atoms with Crippen LogP contribution in [-0.2, 0) is 0 Å². The summed E-state index contributed by atoms with van der Waals surface area (Å²) >= 11 is 1.34. The Morgan fingerprint density at radius 3 is 3.00 bits per heavy atom. The largest absolute Gasteiger partial charge is 0.507 e. The first-order valence-corrected chi connectivity index (χ1v) is 7.41. The van der Waals surface area contributed by atoms with E-state index in [2.05, 4.69) is 10.5 Å². The summed E-state index contributed by atoms with van der Waals surface area (Å²) in [5.74, 6) is 0.385. The van der Waals surface area contributed by atoms with Crippen molar-refractivity contribution in [2.75, 3.05) is 6.61 Å². The van der Waals surface area contributed by atoms with Crippen molar-refractivity contribution in [1.29, 1.82) is 0 Å². The van der Waals surface area contributed by atoms with E-state index >= 15 is 0 Å². The molecule has 21 heavy (non-hydrogen) atoms. The van der Waals surface area contributed by atoms with Crippen molar-refractivity contribution in [1.82, 2.24) is 5.43 Å². The van der Waals surface area contributed by atoms with Gasteiger partial charge in [0.15, 0.2) is 0 Å². The minimum atomic E-state index is -0.274. The van der Waals surface area contributed by atoms with Crippen molar-refractivity contribution < 1.29 is 14.6 Å². The first-order chi connectivity index (χ1) is 10.2. The van der Waals surface area contributed by atoms with Crippen LogP contribution >= 0.6 is 11.3 Å². The molecule has 2 N–H and O–H groups in total. The maximum absolute atomic E-state index is 11.7. The Hall–Kier alpha value is -2.34. The maximum atomic E-state index is 11.7. The summed E-state index contributed by atoms with van der Waals surface area (Å²) in [5, 5.41) is 15.5. The molecule has 0 unspecified atom stereocenters. The van der Waals surface area contributed by atoms with Gasteiger partial charge in [0.1, 0.15) is 11.5 Å². The third kappa shape index (κ3) is 4.32. The van der Waals surface area contributed by atoms with Crippen LogP contribution in [0.5, 0.6) is 11.5 Å². The monoisotopic (exact) mass is 304 g/mol. The number of nitrogens with zero attached hydrogens (tertiary/aromatic N) is 1. The summed E-state index contributed by atoms with van der Waals surface area (Å²) < 4.78 is 5.41. The van der Waals surface area contributed by atoms with E-state index < -0.39 is 0 Å². The third-order valence-electron chi connectivity index (χ3n) is 2.59. The number of hydrogen-bond donors (Lipinski definition) is 2. The summed E-state index contributed by atoms with van der Waals surface area (Å²) in [6.45, 7) is 2.61. The summed E-state index contributed by atoms with van der Waals surface area (Å²) in [6.07, 6.45) is 2.29. The van der Waals surface area contributed by atoms with Gasteiger partial charge in [-0.1, -0.05) is 13.0 Å². The molecule has 0 aliphatic carbocycles. The number of benzene rings is 1. The average Bonchev–Trinajstić information content (AvgIpc) is 3.01. The van der Waals surface area contributed by atoms with Gasteiger partial charge < -0.3 is 9.84 Å². The Morgan fingerprint density at radius 1 is 1.48 bits per heavy atom. The van der Waals surface area contributed by atoms with Crippen molar-refractivity contribution in [2.24, 2.45) is 5.10 Å². The number of phenolic OH excluding ortho intramolecular Hbond substituents is 1. The zero-order valence-corrected chi connectivity index (χ0v) is 12.4. The lowest BCUT2D eigenvalue weighted by atomic mass is 10.2. The molecular weight excluding hydrogens is 288 g/mol. The van der Waals surface area contributed by atoms with Gasteiger partial charge in [0.2, 0.25) is 0 Å². The van der Waals surface area contributed by atoms with E-state index in [4.69, 9.17) is 4.74 Å². The van der Waals surface area contributed by atoms with Crippen molar-refractivity contribution in [2.45, 2.75) is 13.3 Å². The zero-order chi connectivity index (χ0) is 15.1. The smallest absolute Gasteiger partial charge is 0.281 e. The van der Waals surface area contributed by atoms with Gasteiger partial charge >= 0.3 is 0 Å². The Balaban J connectivity index is 1.96. The second-order valence-electron chi connectivity index (χ2n) is 4.25. The Kier molecular flexibility index (Phi) is 5.34. The molecule has 110 valence electrons. The molecule has 0 spiro atoms. The zero-order valence-electron chi connectivity index (χ0n) is 11.6. The molecule has 0 atom stereocenters. The Labute approximate surface area is 126 Å². The van der Waals surface area contributed by atoms with E-state index in [9.17, 15) is 9.90 Å². The van der Waals surface area contributed by atoms with Gasteiger partial charge in [-0.25, -0.2) is 5.43 Å². The number of phenols is 1. The van der Waals surface area contributed by atoms with Gasteiger partial charge in [0.25, 0.3) is 5.91 Å². The first kappa shape index (κ1) is 15.1. The Morgan fingerprint density at radius 2 is 2.33 bits per heavy atom. The fourth-order valence-corrected chi connectivity index (χ4v) is 2.18. The lowest BCUT2D eigenvalue weighted by Crippen LogP contribution is -2.16. The van der Waals surface area contributed by atoms with Gasteiger partial charge in [-0.15, -0.1) is 11.3 Å². The van der Waals surface area contributed by atoms with E-state index in [1.165, 1.54) is 23.6 Å². The number of aromatic hydroxyl groups is 1. The van der Waals surface area contributed by atoms with Gasteiger partial charge in [0.05, 0.1) is 17.7 Å². The molecule has 0 saturated heterocycles. The molecule has 0 bridgehead atoms. The topological polar surface area (TPSA) is 70.9 Å². The van der Waals surface area contributed by atoms with E-state index in [1.807, 2.05) is 12.3 Å². The van der Waals surface area contributed by atoms with E-state index in [1.54, 1.807) is 24.3 Å². The molecule has 2 rings (SSSR count). The summed E-state index contributed by atoms with van der Waals surface area (Å²) in [7, 11) is 0. The number of carbonyl (C=O) groups is 1. The van der Waals surface area contributed by atoms with Crippen LogP contribution in [-0.4, -0.2) is 23.8 Å². The van der Waals surface area contributed by atoms with Crippen LogP contribution in [0.1, 0.15) is 28.6 Å². The van der Waals surface area contributed by atoms with Crippen LogP contribution < -0.4 is 10.2 Å². The highest BCUT2D eigenvalue weighted by atomic mass is 32.1. The third-order valence-corrected chi connectivity index (χ3v) is 3.46. The highest BCUT2D eigenvalue weighted by Crippen LogP contribution is 2.22. The fourth-order valence-electron chi connectivity index (χ4n) is 1.57. The molecule has 1 aromatic heterocycles. The highest BCUT2D eigenvalue weighted by molar-refractivity contribution is 7.12. The quantitative estimate of drug-likeness (QED) is 0.636. The van der Waals surface area contributed by atoms with Crippen LogP contribution in [0.25, 0.3) is 0 Å². The molecule has 0 aliphatic heterocycles. The molecule has 1 aromatic carbocycles. The minimum Gasteiger partial charge on any atom is -0.507 e. The van der Waals surface area contributed by atoms with Gasteiger partial charge in [-0.05, 0) is 30.0 Å². The first-order valence-electron chi connectivity index (χ1n) is 6.53. The Bertz CT molecular complexity index is 624. The minimum absolute atomic E-state index is 0.0534. The molecule has 5 nitrogen and oxygen atoms in total. The SMILES string of the molecule is CCCOc1ccc(C=NNC(=O)c2cccs2)c(O)c1. The second-order valence-corrected chi connectivity index (χ2v) is 5.19. The molecule has 0 radical (unpaired) electrons. The van der Waals surface area contributed by atoms with E-state index in [-0.39, 0.29) is 11.7 Å². The number of amides is 1. The summed E-state index contributed by atoms with van der Waals surface area (Å²) in [5.41, 5.74) is 2.91. The lowest BCUT2D eigenvalue weighted by Gasteiger charge is -2.06. The van der Waals surface area contributed by atoms with Crippen LogP contribution in [0.3, 0.4) is 0 Å². The fraction of sp³-hybridized carbons (Fsp3) is 0.200. The number of carbonyl (C=O) groups excluding carboxylic acids is 1. The molecule has 0 saturated carbocycles. The van der Waals surface area contributed by atoms with Crippen LogP contribution in [0.2, 0.25) is 0 Å². The van der Waals surface area contributed by atoms with Crippen molar-refractivity contribution in [3.05, 3.63) is 46.2 Å². The second kappa shape index (κ2) is 7.44. The predicted molar refractivity (Wildman–Crippen MR) is 83.3 cm³/mol. The molecule has 0 fully saturated rings. The van der Waals surface area contributed by atoms with Crippen LogP contribution in [0.15, 0.2) is 40.8 Å². The van der Waals surface area contributed by atoms with Crippen molar-refractivity contribution in [3.8, 4) is 11.5 Å². The average molecular weight is 304 g/mol. The lowest BCUT2D eigenvalue weighted by molar-refractivity contribution is 0.0959. The number of hydrogen-bond acceptors (Lipinski definition) is 5. The summed E-state index contributed by atoms with van der Waals surface area (Å²) in [4.78, 5) is 12.2. The predicted octanol–water partition coefficient (Wildman–Crippen LogP) is 3.01. The van der Waals surface area contributed by atoms with Crippen LogP contribution in [0, 0.1) is 0 Å². The molecule has 1 amide bonds. The highest BCUT2D eigenvalue weighted by Gasteiger charge is 2.05. The molecule has 0 aliphatic rings. The van der Waals surface area contributed by atoms with Crippen molar-refractivity contribution in [3.63, 3.8) is 0 Å². The van der Waals surface area contributed by atoms with Gasteiger partial charge in [-0.2, -0.15) is 5.10 Å². The number of hydrazone groups is 1. The van der Waals surface area contributed by atoms with E-state index in [0.717, 1.165) is 6.42 Å². The van der Waals surface area contributed by atoms with Crippen LogP contribution in [0.4, 0.5) is 0 Å². The van der Waals surface area contributed by atoms with Crippen molar-refractivity contribution >= 4 is 23.5 Å². The number of nitrogens with one attached hydrogen (secondary N) is 1. The maximum Gasteiger partial charge on any atom is 0.281 e. The number of thiophene rings is 1. The molecular formula is C15H16N2O3S. The van der Waals surface area contributed by atoms with Gasteiger partial charge in [0, 0.05) is 11.6 Å². The molecule has 1 heterocycles. The molecule has 2 aromatic rings. The molecule has 6 heteroatoms. The number of ether oxygens (including phenoxy) is 1. The van der Waals surface area contributed by atoms with Gasteiger partial charge in [-0.3, -0.25) is 4.79 Å². The summed E-state index contributed by atoms with van der Waals surface area (Å²) in [6, 6.07) is 8.47. The normalized spacial score (nSPS) is 10.7.